The van der Waals surface area contributed by atoms with Crippen LogP contribution < -0.4 is 16.8 Å². The van der Waals surface area contributed by atoms with E-state index in [1.807, 2.05) is 76.4 Å². The Morgan fingerprint density at radius 3 is 2.07 bits per heavy atom. The lowest BCUT2D eigenvalue weighted by Crippen LogP contribution is -2.61. The fourth-order valence-electron chi connectivity index (χ4n) is 16.4. The number of unbranched alkanes of at least 4 members (excludes halogenated alkanes) is 1. The van der Waals surface area contributed by atoms with Gasteiger partial charge >= 0.3 is 5.97 Å². The topological polar surface area (TPSA) is 449 Å². The second kappa shape index (κ2) is 54.4. The van der Waals surface area contributed by atoms with Gasteiger partial charge in [0, 0.05) is 83.5 Å². The number of fused-ring (bicyclic) bond motifs is 5. The van der Waals surface area contributed by atoms with Crippen LogP contribution in [-0.2, 0) is 120 Å². The number of aromatic nitrogens is 8. The van der Waals surface area contributed by atoms with Crippen molar-refractivity contribution in [3.05, 3.63) is 84.0 Å². The number of aliphatic hydroxyl groups excluding tert-OH is 1. The van der Waals surface area contributed by atoms with Crippen LogP contribution in [0.1, 0.15) is 150 Å². The fourth-order valence-corrected chi connectivity index (χ4v) is 16.4. The van der Waals surface area contributed by atoms with Gasteiger partial charge in [-0.05, 0) is 138 Å². The number of amides is 2. The number of carbonyl (C=O) groups excluding carboxylic acids is 6. The number of hydrogen-bond donors (Lipinski definition) is 5. The van der Waals surface area contributed by atoms with Crippen LogP contribution in [0.25, 0.3) is 33.4 Å². The lowest BCUT2D eigenvalue weighted by atomic mass is 9.78. The van der Waals surface area contributed by atoms with Crippen molar-refractivity contribution in [2.75, 3.05) is 165 Å². The van der Waals surface area contributed by atoms with E-state index in [4.69, 9.17) is 92.0 Å². The summed E-state index contributed by atoms with van der Waals surface area (Å²) in [4.78, 5) is 98.7. The number of ketones is 3. The van der Waals surface area contributed by atoms with Crippen molar-refractivity contribution in [3.63, 3.8) is 0 Å². The van der Waals surface area contributed by atoms with Crippen molar-refractivity contribution in [3.8, 4) is 11.3 Å². The molecule has 15 atom stereocenters. The molecule has 36 heteroatoms. The second-order valence-corrected chi connectivity index (χ2v) is 33.4. The zero-order valence-electron chi connectivity index (χ0n) is 75.9. The van der Waals surface area contributed by atoms with Gasteiger partial charge in [-0.1, -0.05) is 76.3 Å². The molecule has 7 heterocycles. The lowest BCUT2D eigenvalue weighted by Gasteiger charge is -2.42. The summed E-state index contributed by atoms with van der Waals surface area (Å²) in [6, 6.07) is 4.39. The molecule has 1 saturated carbocycles. The van der Waals surface area contributed by atoms with E-state index < -0.39 is 77.8 Å². The van der Waals surface area contributed by atoms with E-state index in [0.29, 0.717) is 235 Å². The Morgan fingerprint density at radius 2 is 1.39 bits per heavy atom. The summed E-state index contributed by atoms with van der Waals surface area (Å²) in [7, 11) is 4.61. The molecule has 2 saturated heterocycles. The number of piperidine rings is 1. The monoisotopic (exact) mass is 1780 g/mol. The maximum absolute atomic E-state index is 14.8. The summed E-state index contributed by atoms with van der Waals surface area (Å²) in [5.74, 6) is -8.07. The van der Waals surface area contributed by atoms with Gasteiger partial charge in [-0.2, -0.15) is 10.1 Å². The molecule has 127 heavy (non-hydrogen) atoms. The molecule has 2 bridgehead atoms. The predicted molar refractivity (Wildman–Crippen MR) is 469 cm³/mol. The van der Waals surface area contributed by atoms with Crippen molar-refractivity contribution in [2.45, 2.75) is 219 Å². The maximum atomic E-state index is 14.8. The zero-order chi connectivity index (χ0) is 91.0. The number of Topliss-reactive ketones (excluding diaryl/α,β-unsaturated/α-hetero) is 3. The number of ether oxygens (including phenoxy) is 15. The minimum atomic E-state index is -2.47. The third-order valence-electron chi connectivity index (χ3n) is 23.7. The van der Waals surface area contributed by atoms with Crippen molar-refractivity contribution in [1.82, 2.24) is 49.9 Å². The summed E-state index contributed by atoms with van der Waals surface area (Å²) in [6.07, 6.45) is 16.3. The number of rotatable bonds is 45. The van der Waals surface area contributed by atoms with E-state index in [1.165, 1.54) is 18.3 Å². The van der Waals surface area contributed by atoms with E-state index in [1.54, 1.807) is 56.5 Å². The first-order chi connectivity index (χ1) is 61.4. The second-order valence-electron chi connectivity index (χ2n) is 33.4. The minimum Gasteiger partial charge on any atom is -0.460 e. The van der Waals surface area contributed by atoms with Crippen molar-refractivity contribution in [2.24, 2.45) is 35.5 Å². The average Bonchev–Trinajstić information content (AvgIpc) is 1.59. The highest BCUT2D eigenvalue weighted by Gasteiger charge is 2.53. The number of cyclic esters (lactones) is 1. The molecule has 3 fully saturated rings. The van der Waals surface area contributed by atoms with Crippen molar-refractivity contribution >= 4 is 69.1 Å². The number of esters is 1. The normalized spacial score (nSPS) is 26.5. The van der Waals surface area contributed by atoms with Crippen molar-refractivity contribution in [1.29, 1.82) is 0 Å². The molecule has 4 aromatic heterocycles. The SMILES string of the molecule is COC1C(=O)[C@H](C)C[C@H](C)/C=C/C=C\C=C(/C)[C@@H](OC)C[C@@H]2CC[C@@H](C)[C@@](O)(O2)C(=O)C(=O)N2CCCC[C@H]2C(=O)O[C@H]([C@H](C)C[C@@H]2CC[C@@H](OCCOCc3cn(CCOCCOCCOCCOCCOCCOCCOCCOCCC(=O)NCCCCn4nc(-c5ccc6oc(N)nc6c5)c5c(N)ncnc54)nn3)[C@H](OC)C2)CC(=O)[C@H](C)/C=C(\C)[C@H]1O. The summed E-state index contributed by atoms with van der Waals surface area (Å²) in [5.41, 5.74) is 17.1. The van der Waals surface area contributed by atoms with Crippen LogP contribution in [0.4, 0.5) is 11.8 Å². The number of oxazole rings is 1. The first-order valence-corrected chi connectivity index (χ1v) is 45.0. The summed E-state index contributed by atoms with van der Waals surface area (Å²) >= 11 is 0. The number of nitrogens with one attached hydrogen (secondary N) is 1. The molecule has 9 rings (SSSR count). The third-order valence-corrected chi connectivity index (χ3v) is 23.7. The number of nitrogens with zero attached hydrogens (tertiary/aromatic N) is 9. The molecule has 2 amide bonds. The molecule has 3 aliphatic heterocycles. The standard InChI is InChI=1S/C91H138N12O24/c1-60-18-12-11-13-19-61(2)76(112-8)55-70-24-21-66(7)91(111,127-70)85(108)88(109)102-29-16-14-20-72(102)89(110)125-77(56-73(104)62(3)51-65(6)83(107)84(114-10)82(106)64(5)50-60)63(4)52-67-22-25-75(78(53-67)113-9)124-49-48-123-58-69-57-101(100-98-69)31-33-116-35-37-118-39-41-120-43-45-122-47-46-121-44-42-119-40-38-117-36-34-115-32-27-79(105)94-28-15-17-30-103-87-80(86(92)95-59-96-87)81(99-103)68-23-26-74-71(54-68)97-90(93)126-74/h11-13,18-19,23,26,51,54,57,59-60,62-64,66-67,70,72,75-78,83-84,107,111H,14-17,20-22,24-25,27-50,52-53,55-56,58H2,1-10H3,(H2,93,97)(H,94,105)(H2,92,95,96)/b13-11-,18-12+,61-19+,65-51+/t60-,62-,63-,64-,66-,67+,70+,72+,75-,76+,77+,78-,83-,84?,91-/m1/s1. The van der Waals surface area contributed by atoms with E-state index >= 15 is 0 Å². The molecule has 706 valence electrons. The van der Waals surface area contributed by atoms with Crippen LogP contribution >= 0.6 is 0 Å². The zero-order valence-corrected chi connectivity index (χ0v) is 75.9. The van der Waals surface area contributed by atoms with Crippen molar-refractivity contribution < 1.29 is 114 Å². The van der Waals surface area contributed by atoms with E-state index in [2.05, 4.69) is 30.6 Å². The molecule has 7 N–H and O–H groups in total. The molecule has 0 radical (unpaired) electrons. The van der Waals surface area contributed by atoms with Gasteiger partial charge in [0.05, 0.1) is 168 Å². The Morgan fingerprint density at radius 1 is 0.717 bits per heavy atom. The van der Waals surface area contributed by atoms with Gasteiger partial charge < -0.3 is 107 Å². The number of benzene rings is 1. The Bertz CT molecular complexity index is 4320. The van der Waals surface area contributed by atoms with Crippen LogP contribution in [0, 0.1) is 35.5 Å². The molecule has 1 unspecified atom stereocenters. The molecule has 1 aromatic carbocycles. The van der Waals surface area contributed by atoms with Gasteiger partial charge in [0.25, 0.3) is 17.7 Å². The van der Waals surface area contributed by atoms with Gasteiger partial charge in [0.2, 0.25) is 11.7 Å². The quantitative estimate of drug-likeness (QED) is 0.0106. The highest BCUT2D eigenvalue weighted by molar-refractivity contribution is 6.39. The predicted octanol–water partition coefficient (Wildman–Crippen LogP) is 8.25. The Balaban J connectivity index is 0.586. The maximum Gasteiger partial charge on any atom is 0.329 e. The Hall–Kier alpha value is -8.28. The van der Waals surface area contributed by atoms with Crippen LogP contribution in [0.5, 0.6) is 0 Å². The van der Waals surface area contributed by atoms with Crippen LogP contribution in [0.3, 0.4) is 0 Å². The number of hydrogen-bond acceptors (Lipinski definition) is 32. The first-order valence-electron chi connectivity index (χ1n) is 45.0. The van der Waals surface area contributed by atoms with Gasteiger partial charge in [0.15, 0.2) is 17.0 Å². The van der Waals surface area contributed by atoms with Gasteiger partial charge in [-0.25, -0.2) is 24.1 Å². The number of anilines is 2. The number of methoxy groups -OCH3 is 3. The molecular weight excluding hydrogens is 1650 g/mol. The van der Waals surface area contributed by atoms with E-state index in [-0.39, 0.29) is 92.5 Å². The van der Waals surface area contributed by atoms with Gasteiger partial charge in [0.1, 0.15) is 59.2 Å². The Kier molecular flexibility index (Phi) is 43.9. The lowest BCUT2D eigenvalue weighted by molar-refractivity contribution is -0.265. The summed E-state index contributed by atoms with van der Waals surface area (Å²) in [5, 5.41) is 40.7. The van der Waals surface area contributed by atoms with Crippen LogP contribution in [0.15, 0.2) is 82.7 Å². The van der Waals surface area contributed by atoms with Crippen LogP contribution in [0.2, 0.25) is 0 Å². The molecule has 4 aliphatic rings. The first kappa shape index (κ1) is 102. The smallest absolute Gasteiger partial charge is 0.329 e. The highest BCUT2D eigenvalue weighted by atomic mass is 16.6. The molecular formula is C91H138N12O24. The number of carbonyl (C=O) groups is 6. The number of nitrogens with two attached hydrogens (primary N) is 2. The number of nitrogen functional groups attached to an aromatic ring is 2. The number of allylic oxidation sites excluding steroid dienone is 6. The summed E-state index contributed by atoms with van der Waals surface area (Å²) < 4.78 is 96.4. The summed E-state index contributed by atoms with van der Waals surface area (Å²) in [6.45, 7) is 21.6. The van der Waals surface area contributed by atoms with Gasteiger partial charge in [-0.3, -0.25) is 24.0 Å². The third kappa shape index (κ3) is 32.4. The van der Waals surface area contributed by atoms with E-state index in [0.717, 1.165) is 30.4 Å². The van der Waals surface area contributed by atoms with Gasteiger partial charge in [-0.15, -0.1) is 5.10 Å². The number of aliphatic hydroxyl groups is 2. The minimum absolute atomic E-state index is 0.00921. The largest absolute Gasteiger partial charge is 0.460 e. The average molecular weight is 1780 g/mol. The molecule has 36 nitrogen and oxygen atoms in total. The molecule has 0 spiro atoms. The number of aryl methyl sites for hydroxylation is 1. The fraction of sp³-hybridized carbons (Fsp3) is 0.692. The Labute approximate surface area is 744 Å². The molecule has 5 aromatic rings. The van der Waals surface area contributed by atoms with Crippen LogP contribution in [-0.4, -0.2) is 298 Å². The molecule has 1 aliphatic carbocycles. The van der Waals surface area contributed by atoms with E-state index in [9.17, 15) is 39.0 Å². The highest BCUT2D eigenvalue weighted by Crippen LogP contribution is 2.39.